The molecule has 0 fully saturated rings. The zero-order valence-electron chi connectivity index (χ0n) is 10.9. The van der Waals surface area contributed by atoms with Gasteiger partial charge in [0, 0.05) is 5.56 Å². The maximum absolute atomic E-state index is 12.5. The molecule has 0 aliphatic heterocycles. The molecule has 0 bridgehead atoms. The number of nitrogens with zero attached hydrogens (tertiary/aromatic N) is 1. The topological polar surface area (TPSA) is 54.6 Å². The SMILES string of the molecule is Cc1ccc(/C=N\NC(=O)c2cccc(C(F)(F)F)c2)o1. The molecule has 21 heavy (non-hydrogen) atoms. The number of carbonyl (C=O) groups excluding carboxylic acids is 1. The van der Waals surface area contributed by atoms with Crippen molar-refractivity contribution in [1.82, 2.24) is 5.43 Å². The van der Waals surface area contributed by atoms with E-state index < -0.39 is 17.6 Å². The van der Waals surface area contributed by atoms with Gasteiger partial charge in [-0.15, -0.1) is 0 Å². The maximum atomic E-state index is 12.5. The molecule has 2 aromatic rings. The van der Waals surface area contributed by atoms with Gasteiger partial charge in [-0.3, -0.25) is 4.79 Å². The molecule has 1 heterocycles. The summed E-state index contributed by atoms with van der Waals surface area (Å²) < 4.78 is 42.8. The highest BCUT2D eigenvalue weighted by Gasteiger charge is 2.30. The fraction of sp³-hybridized carbons (Fsp3) is 0.143. The minimum absolute atomic E-state index is 0.127. The van der Waals surface area contributed by atoms with E-state index in [9.17, 15) is 18.0 Å². The summed E-state index contributed by atoms with van der Waals surface area (Å²) in [7, 11) is 0. The van der Waals surface area contributed by atoms with Gasteiger partial charge in [0.2, 0.25) is 0 Å². The lowest BCUT2D eigenvalue weighted by Gasteiger charge is -2.07. The zero-order chi connectivity index (χ0) is 15.5. The van der Waals surface area contributed by atoms with Crippen LogP contribution in [0.15, 0.2) is 45.9 Å². The van der Waals surface area contributed by atoms with Crippen molar-refractivity contribution in [2.45, 2.75) is 13.1 Å². The van der Waals surface area contributed by atoms with E-state index in [0.717, 1.165) is 18.2 Å². The first kappa shape index (κ1) is 14.8. The van der Waals surface area contributed by atoms with Crippen LogP contribution in [0.25, 0.3) is 0 Å². The Hall–Kier alpha value is -2.57. The fourth-order valence-corrected chi connectivity index (χ4v) is 1.58. The standard InChI is InChI=1S/C14H11F3N2O2/c1-9-5-6-12(21-9)8-18-19-13(20)10-3-2-4-11(7-10)14(15,16)17/h2-8H,1H3,(H,19,20)/b18-8-. The van der Waals surface area contributed by atoms with Gasteiger partial charge in [-0.05, 0) is 37.3 Å². The Morgan fingerprint density at radius 3 is 2.67 bits per heavy atom. The number of amides is 1. The molecule has 0 saturated heterocycles. The Kier molecular flexibility index (Phi) is 4.11. The third kappa shape index (κ3) is 3.95. The van der Waals surface area contributed by atoms with Crippen molar-refractivity contribution in [3.8, 4) is 0 Å². The van der Waals surface area contributed by atoms with E-state index in [2.05, 4.69) is 10.5 Å². The number of furan rings is 1. The van der Waals surface area contributed by atoms with E-state index in [1.54, 1.807) is 19.1 Å². The van der Waals surface area contributed by atoms with Gasteiger partial charge in [0.1, 0.15) is 11.5 Å². The maximum Gasteiger partial charge on any atom is 0.416 e. The van der Waals surface area contributed by atoms with E-state index in [-0.39, 0.29) is 5.56 Å². The smallest absolute Gasteiger partial charge is 0.416 e. The second-order valence-electron chi connectivity index (χ2n) is 4.23. The predicted octanol–water partition coefficient (Wildman–Crippen LogP) is 3.37. The molecule has 0 unspecified atom stereocenters. The summed E-state index contributed by atoms with van der Waals surface area (Å²) in [5, 5.41) is 3.62. The molecule has 0 aliphatic rings. The highest BCUT2D eigenvalue weighted by atomic mass is 19.4. The van der Waals surface area contributed by atoms with Crippen LogP contribution in [0.4, 0.5) is 13.2 Å². The molecule has 7 heteroatoms. The van der Waals surface area contributed by atoms with Crippen molar-refractivity contribution in [2.24, 2.45) is 5.10 Å². The average molecular weight is 296 g/mol. The van der Waals surface area contributed by atoms with E-state index >= 15 is 0 Å². The number of hydrogen-bond donors (Lipinski definition) is 1. The second-order valence-corrected chi connectivity index (χ2v) is 4.23. The van der Waals surface area contributed by atoms with Crippen molar-refractivity contribution in [2.75, 3.05) is 0 Å². The normalized spacial score (nSPS) is 11.8. The number of nitrogens with one attached hydrogen (secondary N) is 1. The van der Waals surface area contributed by atoms with Gasteiger partial charge in [0.25, 0.3) is 5.91 Å². The number of aryl methyl sites for hydroxylation is 1. The Morgan fingerprint density at radius 2 is 2.05 bits per heavy atom. The van der Waals surface area contributed by atoms with Gasteiger partial charge in [-0.2, -0.15) is 18.3 Å². The summed E-state index contributed by atoms with van der Waals surface area (Å²) in [5.41, 5.74) is 1.12. The molecule has 110 valence electrons. The molecule has 4 nitrogen and oxygen atoms in total. The molecule has 0 aliphatic carbocycles. The first-order valence-corrected chi connectivity index (χ1v) is 5.93. The van der Waals surface area contributed by atoms with Crippen LogP contribution in [-0.2, 0) is 6.18 Å². The summed E-state index contributed by atoms with van der Waals surface area (Å²) in [5.74, 6) is 0.373. The van der Waals surface area contributed by atoms with Crippen molar-refractivity contribution < 1.29 is 22.4 Å². The van der Waals surface area contributed by atoms with Gasteiger partial charge in [-0.25, -0.2) is 5.43 Å². The van der Waals surface area contributed by atoms with Crippen LogP contribution < -0.4 is 5.43 Å². The molecule has 1 amide bonds. The number of rotatable bonds is 3. The van der Waals surface area contributed by atoms with Gasteiger partial charge in [0.05, 0.1) is 11.8 Å². The molecule has 2 rings (SSSR count). The molecular formula is C14H11F3N2O2. The molecule has 0 spiro atoms. The third-order valence-corrected chi connectivity index (χ3v) is 2.57. The fourth-order valence-electron chi connectivity index (χ4n) is 1.58. The highest BCUT2D eigenvalue weighted by molar-refractivity contribution is 5.94. The molecule has 1 N–H and O–H groups in total. The molecule has 0 saturated carbocycles. The summed E-state index contributed by atoms with van der Waals surface area (Å²) >= 11 is 0. The largest absolute Gasteiger partial charge is 0.460 e. The quantitative estimate of drug-likeness (QED) is 0.697. The number of benzene rings is 1. The molecule has 0 radical (unpaired) electrons. The van der Waals surface area contributed by atoms with Crippen molar-refractivity contribution in [3.63, 3.8) is 0 Å². The Balaban J connectivity index is 2.05. The summed E-state index contributed by atoms with van der Waals surface area (Å²) in [6, 6.07) is 7.47. The second kappa shape index (κ2) is 5.82. The number of halogens is 3. The number of hydrazone groups is 1. The van der Waals surface area contributed by atoms with Crippen LogP contribution in [0.3, 0.4) is 0 Å². The van der Waals surface area contributed by atoms with Crippen molar-refractivity contribution in [3.05, 3.63) is 59.0 Å². The monoisotopic (exact) mass is 296 g/mol. The molecule has 1 aromatic carbocycles. The lowest BCUT2D eigenvalue weighted by molar-refractivity contribution is -0.137. The van der Waals surface area contributed by atoms with Crippen LogP contribution in [0.5, 0.6) is 0 Å². The third-order valence-electron chi connectivity index (χ3n) is 2.57. The minimum Gasteiger partial charge on any atom is -0.460 e. The average Bonchev–Trinajstić information content (AvgIpc) is 2.83. The summed E-state index contributed by atoms with van der Waals surface area (Å²) in [6.45, 7) is 1.75. The van der Waals surface area contributed by atoms with Crippen molar-refractivity contribution >= 4 is 12.1 Å². The van der Waals surface area contributed by atoms with E-state index in [1.807, 2.05) is 0 Å². The van der Waals surface area contributed by atoms with Gasteiger partial charge < -0.3 is 4.42 Å². The zero-order valence-corrected chi connectivity index (χ0v) is 10.9. The van der Waals surface area contributed by atoms with Crippen LogP contribution in [-0.4, -0.2) is 12.1 Å². The van der Waals surface area contributed by atoms with E-state index in [4.69, 9.17) is 4.42 Å². The van der Waals surface area contributed by atoms with Crippen LogP contribution in [0.2, 0.25) is 0 Å². The summed E-state index contributed by atoms with van der Waals surface area (Å²) in [6.07, 6.45) is -3.23. The van der Waals surface area contributed by atoms with E-state index in [0.29, 0.717) is 11.5 Å². The first-order chi connectivity index (χ1) is 9.86. The molecule has 0 atom stereocenters. The predicted molar refractivity (Wildman–Crippen MR) is 69.9 cm³/mol. The lowest BCUT2D eigenvalue weighted by atomic mass is 10.1. The number of alkyl halides is 3. The Bertz CT molecular complexity index is 675. The van der Waals surface area contributed by atoms with Gasteiger partial charge in [-0.1, -0.05) is 6.07 Å². The van der Waals surface area contributed by atoms with Crippen LogP contribution >= 0.6 is 0 Å². The van der Waals surface area contributed by atoms with Crippen LogP contribution in [0.1, 0.15) is 27.4 Å². The Morgan fingerprint density at radius 1 is 1.29 bits per heavy atom. The van der Waals surface area contributed by atoms with E-state index in [1.165, 1.54) is 12.3 Å². The Labute approximate surface area is 118 Å². The number of hydrogen-bond acceptors (Lipinski definition) is 3. The van der Waals surface area contributed by atoms with Crippen molar-refractivity contribution in [1.29, 1.82) is 0 Å². The number of carbonyl (C=O) groups is 1. The van der Waals surface area contributed by atoms with Crippen LogP contribution in [0, 0.1) is 6.92 Å². The first-order valence-electron chi connectivity index (χ1n) is 5.93. The molecular weight excluding hydrogens is 285 g/mol. The highest BCUT2D eigenvalue weighted by Crippen LogP contribution is 2.29. The summed E-state index contributed by atoms with van der Waals surface area (Å²) in [4.78, 5) is 11.7. The molecule has 1 aromatic heterocycles. The minimum atomic E-state index is -4.49. The van der Waals surface area contributed by atoms with Gasteiger partial charge in [0.15, 0.2) is 0 Å². The lowest BCUT2D eigenvalue weighted by Crippen LogP contribution is -2.18. The van der Waals surface area contributed by atoms with Gasteiger partial charge >= 0.3 is 6.18 Å².